The molecule has 1 aromatic heterocycles. The molecule has 128 valence electrons. The van der Waals surface area contributed by atoms with Crippen LogP contribution in [0.2, 0.25) is 0 Å². The molecule has 0 aliphatic heterocycles. The maximum atomic E-state index is 11.0. The lowest BCUT2D eigenvalue weighted by atomic mass is 9.95. The van der Waals surface area contributed by atoms with Crippen molar-refractivity contribution in [1.29, 1.82) is 0 Å². The molecule has 1 atom stereocenters. The number of rotatable bonds is 6. The van der Waals surface area contributed by atoms with Crippen LogP contribution in [0.5, 0.6) is 11.5 Å². The summed E-state index contributed by atoms with van der Waals surface area (Å²) in [7, 11) is 3.16. The molecule has 5 heteroatoms. The molecule has 0 radical (unpaired) electrons. The summed E-state index contributed by atoms with van der Waals surface area (Å²) in [5.41, 5.74) is 2.40. The number of nitrogens with zero attached hydrogens (tertiary/aromatic N) is 2. The number of hydrogen-bond acceptors (Lipinski definition) is 4. The van der Waals surface area contributed by atoms with E-state index in [0.29, 0.717) is 17.1 Å². The highest BCUT2D eigenvalue weighted by Gasteiger charge is 2.18. The first-order valence-electron chi connectivity index (χ1n) is 7.87. The molecule has 0 spiro atoms. The van der Waals surface area contributed by atoms with Gasteiger partial charge in [-0.1, -0.05) is 36.4 Å². The summed E-state index contributed by atoms with van der Waals surface area (Å²) in [6.07, 6.45) is 6.24. The molecule has 2 aromatic carbocycles. The summed E-state index contributed by atoms with van der Waals surface area (Å²) in [6, 6.07) is 15.2. The van der Waals surface area contributed by atoms with Crippen molar-refractivity contribution >= 4 is 11.8 Å². The van der Waals surface area contributed by atoms with Crippen LogP contribution >= 0.6 is 0 Å². The molecule has 0 amide bonds. The number of aromatic nitrogens is 2. The van der Waals surface area contributed by atoms with E-state index < -0.39 is 6.10 Å². The minimum Gasteiger partial charge on any atom is -0.493 e. The monoisotopic (exact) mass is 336 g/mol. The smallest absolute Gasteiger partial charge is 0.161 e. The maximum absolute atomic E-state index is 11.0. The molecule has 0 bridgehead atoms. The fourth-order valence-electron chi connectivity index (χ4n) is 2.64. The SMILES string of the molecule is COc1ccc([C@H](O)/C(=C\n2ccnc2)c2ccccc2)cc1OC. The van der Waals surface area contributed by atoms with Gasteiger partial charge in [0.1, 0.15) is 6.10 Å². The van der Waals surface area contributed by atoms with Gasteiger partial charge in [-0.2, -0.15) is 0 Å². The van der Waals surface area contributed by atoms with Gasteiger partial charge in [0.15, 0.2) is 11.5 Å². The van der Waals surface area contributed by atoms with E-state index in [1.807, 2.05) is 53.4 Å². The Bertz CT molecular complexity index is 843. The predicted molar refractivity (Wildman–Crippen MR) is 97.3 cm³/mol. The number of benzene rings is 2. The van der Waals surface area contributed by atoms with Crippen molar-refractivity contribution in [3.8, 4) is 11.5 Å². The molecule has 0 unspecified atom stereocenters. The second-order valence-electron chi connectivity index (χ2n) is 5.48. The first kappa shape index (κ1) is 16.8. The summed E-state index contributed by atoms with van der Waals surface area (Å²) in [4.78, 5) is 4.05. The summed E-state index contributed by atoms with van der Waals surface area (Å²) in [5, 5.41) is 11.0. The molecule has 5 nitrogen and oxygen atoms in total. The number of aliphatic hydroxyl groups excluding tert-OH is 1. The number of hydrogen-bond donors (Lipinski definition) is 1. The van der Waals surface area contributed by atoms with Gasteiger partial charge in [-0.15, -0.1) is 0 Å². The summed E-state index contributed by atoms with van der Waals surface area (Å²) >= 11 is 0. The van der Waals surface area contributed by atoms with E-state index in [4.69, 9.17) is 9.47 Å². The second-order valence-corrected chi connectivity index (χ2v) is 5.48. The van der Waals surface area contributed by atoms with E-state index >= 15 is 0 Å². The molecular formula is C20H20N2O3. The minimum atomic E-state index is -0.829. The van der Waals surface area contributed by atoms with E-state index in [2.05, 4.69) is 4.98 Å². The third-order valence-corrected chi connectivity index (χ3v) is 3.94. The largest absolute Gasteiger partial charge is 0.493 e. The lowest BCUT2D eigenvalue weighted by Gasteiger charge is -2.18. The Kier molecular flexibility index (Phi) is 5.16. The average molecular weight is 336 g/mol. The van der Waals surface area contributed by atoms with Gasteiger partial charge >= 0.3 is 0 Å². The molecule has 0 aliphatic rings. The molecule has 0 fully saturated rings. The zero-order valence-corrected chi connectivity index (χ0v) is 14.2. The first-order valence-corrected chi connectivity index (χ1v) is 7.87. The molecule has 3 rings (SSSR count). The number of aliphatic hydroxyl groups is 1. The third-order valence-electron chi connectivity index (χ3n) is 3.94. The van der Waals surface area contributed by atoms with Crippen LogP contribution in [-0.2, 0) is 0 Å². The van der Waals surface area contributed by atoms with Crippen molar-refractivity contribution in [2.24, 2.45) is 0 Å². The first-order chi connectivity index (χ1) is 12.2. The standard InChI is InChI=1S/C20H20N2O3/c1-24-18-9-8-16(12-19(18)25-2)20(23)17(13-22-11-10-21-14-22)15-6-4-3-5-7-15/h3-14,20,23H,1-2H3/b17-13-/t20-/m0/s1. The number of imidazole rings is 1. The van der Waals surface area contributed by atoms with E-state index in [0.717, 1.165) is 11.1 Å². The van der Waals surface area contributed by atoms with Gasteiger partial charge < -0.3 is 19.1 Å². The molecule has 0 saturated heterocycles. The Balaban J connectivity index is 2.04. The van der Waals surface area contributed by atoms with Crippen molar-refractivity contribution in [2.45, 2.75) is 6.10 Å². The Morgan fingerprint density at radius 1 is 1.08 bits per heavy atom. The fourth-order valence-corrected chi connectivity index (χ4v) is 2.64. The van der Waals surface area contributed by atoms with Gasteiger partial charge in [-0.3, -0.25) is 0 Å². The molecule has 1 heterocycles. The average Bonchev–Trinajstić information content (AvgIpc) is 3.19. The topological polar surface area (TPSA) is 56.5 Å². The molecule has 0 aliphatic carbocycles. The Hall–Kier alpha value is -3.05. The summed E-state index contributed by atoms with van der Waals surface area (Å²) in [5.74, 6) is 1.20. The lowest BCUT2D eigenvalue weighted by Crippen LogP contribution is -2.03. The summed E-state index contributed by atoms with van der Waals surface area (Å²) in [6.45, 7) is 0. The van der Waals surface area contributed by atoms with E-state index in [-0.39, 0.29) is 0 Å². The van der Waals surface area contributed by atoms with Crippen molar-refractivity contribution in [3.63, 3.8) is 0 Å². The van der Waals surface area contributed by atoms with Crippen LogP contribution in [0.15, 0.2) is 67.3 Å². The minimum absolute atomic E-state index is 0.578. The van der Waals surface area contributed by atoms with Gasteiger partial charge in [0.05, 0.1) is 20.5 Å². The highest BCUT2D eigenvalue weighted by Crippen LogP contribution is 2.35. The van der Waals surface area contributed by atoms with Crippen LogP contribution in [-0.4, -0.2) is 28.9 Å². The van der Waals surface area contributed by atoms with Crippen LogP contribution in [0, 0.1) is 0 Å². The van der Waals surface area contributed by atoms with Gasteiger partial charge in [0.25, 0.3) is 0 Å². The van der Waals surface area contributed by atoms with Crippen LogP contribution < -0.4 is 9.47 Å². The quantitative estimate of drug-likeness (QED) is 0.747. The molecule has 25 heavy (non-hydrogen) atoms. The van der Waals surface area contributed by atoms with Gasteiger partial charge in [0, 0.05) is 24.2 Å². The maximum Gasteiger partial charge on any atom is 0.161 e. The second kappa shape index (κ2) is 7.68. The fraction of sp³-hybridized carbons (Fsp3) is 0.150. The third kappa shape index (κ3) is 3.72. The molecule has 0 saturated carbocycles. The number of methoxy groups -OCH3 is 2. The Morgan fingerprint density at radius 3 is 2.48 bits per heavy atom. The molecule has 3 aromatic rings. The van der Waals surface area contributed by atoms with Gasteiger partial charge in [-0.05, 0) is 23.3 Å². The van der Waals surface area contributed by atoms with Crippen molar-refractivity contribution in [3.05, 3.63) is 78.4 Å². The summed E-state index contributed by atoms with van der Waals surface area (Å²) < 4.78 is 12.4. The van der Waals surface area contributed by atoms with Gasteiger partial charge in [0.2, 0.25) is 0 Å². The van der Waals surface area contributed by atoms with E-state index in [1.54, 1.807) is 38.9 Å². The normalized spacial score (nSPS) is 12.7. The van der Waals surface area contributed by atoms with Crippen LogP contribution in [0.1, 0.15) is 17.2 Å². The predicted octanol–water partition coefficient (Wildman–Crippen LogP) is 3.63. The zero-order chi connectivity index (χ0) is 17.6. The van der Waals surface area contributed by atoms with Crippen LogP contribution in [0.3, 0.4) is 0 Å². The zero-order valence-electron chi connectivity index (χ0n) is 14.2. The number of ether oxygens (including phenoxy) is 2. The Morgan fingerprint density at radius 2 is 1.84 bits per heavy atom. The van der Waals surface area contributed by atoms with Gasteiger partial charge in [-0.25, -0.2) is 4.98 Å². The van der Waals surface area contributed by atoms with Crippen molar-refractivity contribution < 1.29 is 14.6 Å². The highest BCUT2D eigenvalue weighted by atomic mass is 16.5. The van der Waals surface area contributed by atoms with Crippen molar-refractivity contribution in [2.75, 3.05) is 14.2 Å². The Labute approximate surface area is 146 Å². The van der Waals surface area contributed by atoms with Crippen LogP contribution in [0.25, 0.3) is 11.8 Å². The molecular weight excluding hydrogens is 316 g/mol. The van der Waals surface area contributed by atoms with Crippen molar-refractivity contribution in [1.82, 2.24) is 9.55 Å². The molecule has 1 N–H and O–H groups in total. The highest BCUT2D eigenvalue weighted by molar-refractivity contribution is 5.79. The van der Waals surface area contributed by atoms with E-state index in [9.17, 15) is 5.11 Å². The van der Waals surface area contributed by atoms with E-state index in [1.165, 1.54) is 0 Å². The van der Waals surface area contributed by atoms with Crippen LogP contribution in [0.4, 0.5) is 0 Å². The lowest BCUT2D eigenvalue weighted by molar-refractivity contribution is 0.237.